The lowest BCUT2D eigenvalue weighted by molar-refractivity contribution is 0.0277. The highest BCUT2D eigenvalue weighted by atomic mass is 127. The van der Waals surface area contributed by atoms with Crippen molar-refractivity contribution in [3.63, 3.8) is 0 Å². The van der Waals surface area contributed by atoms with Crippen LogP contribution in [0, 0.1) is 0 Å². The van der Waals surface area contributed by atoms with Crippen LogP contribution in [-0.2, 0) is 18.2 Å². The van der Waals surface area contributed by atoms with Crippen LogP contribution in [0.25, 0.3) is 0 Å². The van der Waals surface area contributed by atoms with Crippen molar-refractivity contribution >= 4 is 29.9 Å². The molecule has 0 radical (unpaired) electrons. The molecule has 26 heavy (non-hydrogen) atoms. The van der Waals surface area contributed by atoms with Crippen molar-refractivity contribution in [2.75, 3.05) is 26.2 Å². The molecule has 0 saturated heterocycles. The molecule has 1 aliphatic rings. The topological polar surface area (TPSA) is 63.5 Å². The zero-order valence-corrected chi connectivity index (χ0v) is 18.7. The number of aliphatic imine (C=N–C) groups is 1. The third-order valence-corrected chi connectivity index (χ3v) is 4.52. The zero-order valence-electron chi connectivity index (χ0n) is 16.4. The maximum absolute atomic E-state index is 5.97. The Morgan fingerprint density at radius 1 is 1.27 bits per heavy atom. The van der Waals surface area contributed by atoms with E-state index in [1.54, 1.807) is 0 Å². The Labute approximate surface area is 175 Å². The molecule has 0 amide bonds. The van der Waals surface area contributed by atoms with Crippen molar-refractivity contribution in [2.45, 2.75) is 64.4 Å². The predicted molar refractivity (Wildman–Crippen MR) is 118 cm³/mol. The van der Waals surface area contributed by atoms with E-state index in [1.807, 2.05) is 17.9 Å². The molecule has 7 heteroatoms. The quantitative estimate of drug-likeness (QED) is 0.235. The lowest BCUT2D eigenvalue weighted by Crippen LogP contribution is -2.38. The number of aryl methyl sites for hydroxylation is 2. The van der Waals surface area contributed by atoms with E-state index >= 15 is 0 Å². The molecular weight excluding hydrogens is 441 g/mol. The van der Waals surface area contributed by atoms with Crippen molar-refractivity contribution in [3.05, 3.63) is 18.0 Å². The van der Waals surface area contributed by atoms with Crippen LogP contribution in [0.3, 0.4) is 0 Å². The number of ether oxygens (including phenoxy) is 1. The summed E-state index contributed by atoms with van der Waals surface area (Å²) in [5, 5.41) is 10.9. The summed E-state index contributed by atoms with van der Waals surface area (Å²) in [4.78, 5) is 4.65. The van der Waals surface area contributed by atoms with E-state index in [9.17, 15) is 0 Å². The lowest BCUT2D eigenvalue weighted by Gasteiger charge is -2.22. The predicted octanol–water partition coefficient (Wildman–Crippen LogP) is 3.27. The standard InChI is InChI=1S/C19H35N5O.HI/c1-3-20-19(21-12-7-9-17-15-23-24(2)16-17)22-13-8-14-25-18-10-5-4-6-11-18;/h15-16,18H,3-14H2,1-2H3,(H2,20,21,22);1H. The van der Waals surface area contributed by atoms with E-state index in [0.717, 1.165) is 51.5 Å². The van der Waals surface area contributed by atoms with E-state index < -0.39 is 0 Å². The number of hydrogen-bond donors (Lipinski definition) is 2. The molecule has 1 fully saturated rings. The molecule has 0 unspecified atom stereocenters. The van der Waals surface area contributed by atoms with Gasteiger partial charge in [-0.05, 0) is 44.6 Å². The minimum atomic E-state index is 0. The summed E-state index contributed by atoms with van der Waals surface area (Å²) in [6.45, 7) is 5.55. The molecule has 2 rings (SSSR count). The summed E-state index contributed by atoms with van der Waals surface area (Å²) in [6, 6.07) is 0. The Bertz CT molecular complexity index is 500. The second-order valence-corrected chi connectivity index (χ2v) is 6.80. The third-order valence-electron chi connectivity index (χ3n) is 4.52. The molecule has 150 valence electrons. The number of aromatic nitrogens is 2. The van der Waals surface area contributed by atoms with Gasteiger partial charge in [0.05, 0.1) is 12.3 Å². The van der Waals surface area contributed by atoms with Crippen LogP contribution < -0.4 is 10.6 Å². The van der Waals surface area contributed by atoms with Crippen LogP contribution in [0.4, 0.5) is 0 Å². The fraction of sp³-hybridized carbons (Fsp3) is 0.789. The van der Waals surface area contributed by atoms with Crippen LogP contribution in [0.5, 0.6) is 0 Å². The van der Waals surface area contributed by atoms with E-state index in [1.165, 1.54) is 37.7 Å². The van der Waals surface area contributed by atoms with E-state index in [4.69, 9.17) is 4.74 Å². The SMILES string of the molecule is CCNC(=NCCCc1cnn(C)c1)NCCCOC1CCCCC1.I. The average Bonchev–Trinajstić information content (AvgIpc) is 3.04. The molecule has 1 aromatic heterocycles. The van der Waals surface area contributed by atoms with Gasteiger partial charge in [0.1, 0.15) is 0 Å². The number of rotatable bonds is 10. The van der Waals surface area contributed by atoms with Crippen molar-refractivity contribution in [1.29, 1.82) is 0 Å². The number of nitrogens with zero attached hydrogens (tertiary/aromatic N) is 3. The normalized spacial score (nSPS) is 15.5. The van der Waals surface area contributed by atoms with Gasteiger partial charge in [0.15, 0.2) is 5.96 Å². The van der Waals surface area contributed by atoms with Crippen LogP contribution in [0.2, 0.25) is 0 Å². The second kappa shape index (κ2) is 14.3. The van der Waals surface area contributed by atoms with Crippen molar-refractivity contribution in [1.82, 2.24) is 20.4 Å². The van der Waals surface area contributed by atoms with Crippen LogP contribution >= 0.6 is 24.0 Å². The maximum atomic E-state index is 5.97. The first-order chi connectivity index (χ1) is 12.3. The van der Waals surface area contributed by atoms with Gasteiger partial charge in [-0.3, -0.25) is 9.67 Å². The first-order valence-electron chi connectivity index (χ1n) is 9.89. The Balaban J connectivity index is 0.00000338. The summed E-state index contributed by atoms with van der Waals surface area (Å²) in [6.07, 6.45) is 14.1. The monoisotopic (exact) mass is 477 g/mol. The summed E-state index contributed by atoms with van der Waals surface area (Å²) >= 11 is 0. The number of halogens is 1. The lowest BCUT2D eigenvalue weighted by atomic mass is 9.98. The molecule has 1 aliphatic carbocycles. The highest BCUT2D eigenvalue weighted by Crippen LogP contribution is 2.20. The first-order valence-corrected chi connectivity index (χ1v) is 9.89. The molecule has 0 atom stereocenters. The summed E-state index contributed by atoms with van der Waals surface area (Å²) in [5.41, 5.74) is 1.27. The summed E-state index contributed by atoms with van der Waals surface area (Å²) < 4.78 is 7.81. The number of guanidine groups is 1. The Morgan fingerprint density at radius 2 is 2.08 bits per heavy atom. The smallest absolute Gasteiger partial charge is 0.191 e. The van der Waals surface area contributed by atoms with Crippen molar-refractivity contribution in [3.8, 4) is 0 Å². The van der Waals surface area contributed by atoms with E-state index in [2.05, 4.69) is 33.8 Å². The molecule has 1 saturated carbocycles. The Hall–Kier alpha value is -0.830. The molecular formula is C19H36IN5O. The van der Waals surface area contributed by atoms with Gasteiger partial charge in [0.2, 0.25) is 0 Å². The maximum Gasteiger partial charge on any atom is 0.191 e. The zero-order chi connectivity index (χ0) is 17.7. The largest absolute Gasteiger partial charge is 0.378 e. The minimum absolute atomic E-state index is 0. The highest BCUT2D eigenvalue weighted by Gasteiger charge is 2.12. The fourth-order valence-electron chi connectivity index (χ4n) is 3.18. The van der Waals surface area contributed by atoms with Gasteiger partial charge in [-0.1, -0.05) is 19.3 Å². The molecule has 0 aliphatic heterocycles. The third kappa shape index (κ3) is 9.75. The molecule has 0 aromatic carbocycles. The molecule has 0 bridgehead atoms. The van der Waals surface area contributed by atoms with Crippen LogP contribution in [0.1, 0.15) is 57.4 Å². The summed E-state index contributed by atoms with van der Waals surface area (Å²) in [5.74, 6) is 0.909. The molecule has 0 spiro atoms. The van der Waals surface area contributed by atoms with Crippen molar-refractivity contribution < 1.29 is 4.74 Å². The van der Waals surface area contributed by atoms with Gasteiger partial charge in [-0.25, -0.2) is 0 Å². The van der Waals surface area contributed by atoms with E-state index in [-0.39, 0.29) is 24.0 Å². The Kier molecular flexibility index (Phi) is 12.7. The number of nitrogens with one attached hydrogen (secondary N) is 2. The average molecular weight is 477 g/mol. The molecule has 1 aromatic rings. The van der Waals surface area contributed by atoms with Gasteiger partial charge >= 0.3 is 0 Å². The van der Waals surface area contributed by atoms with Gasteiger partial charge in [0, 0.05) is 39.5 Å². The number of hydrogen-bond acceptors (Lipinski definition) is 3. The van der Waals surface area contributed by atoms with Crippen molar-refractivity contribution in [2.24, 2.45) is 12.0 Å². The first kappa shape index (κ1) is 23.2. The molecule has 2 N–H and O–H groups in total. The fourth-order valence-corrected chi connectivity index (χ4v) is 3.18. The van der Waals surface area contributed by atoms with Gasteiger partial charge in [-0.15, -0.1) is 24.0 Å². The van der Waals surface area contributed by atoms with Crippen LogP contribution in [-0.4, -0.2) is 48.1 Å². The minimum Gasteiger partial charge on any atom is -0.378 e. The molecule has 1 heterocycles. The van der Waals surface area contributed by atoms with Crippen LogP contribution in [0.15, 0.2) is 17.4 Å². The second-order valence-electron chi connectivity index (χ2n) is 6.80. The molecule has 6 nitrogen and oxygen atoms in total. The van der Waals surface area contributed by atoms with Gasteiger partial charge in [0.25, 0.3) is 0 Å². The van der Waals surface area contributed by atoms with Gasteiger partial charge in [-0.2, -0.15) is 5.10 Å². The van der Waals surface area contributed by atoms with E-state index in [0.29, 0.717) is 6.10 Å². The summed E-state index contributed by atoms with van der Waals surface area (Å²) in [7, 11) is 1.95. The van der Waals surface area contributed by atoms with Gasteiger partial charge < -0.3 is 15.4 Å². The highest BCUT2D eigenvalue weighted by molar-refractivity contribution is 14.0. The Morgan fingerprint density at radius 3 is 2.77 bits per heavy atom.